The lowest BCUT2D eigenvalue weighted by molar-refractivity contribution is -0.127. The van der Waals surface area contributed by atoms with E-state index < -0.39 is 5.82 Å². The molecule has 0 bridgehead atoms. The Hall–Kier alpha value is -2.96. The number of piperidine rings is 1. The Labute approximate surface area is 157 Å². The van der Waals surface area contributed by atoms with Gasteiger partial charge in [0, 0.05) is 43.9 Å². The number of ketones is 1. The molecule has 142 valence electrons. The highest BCUT2D eigenvalue weighted by atomic mass is 19.1. The van der Waals surface area contributed by atoms with Crippen LogP contribution in [-0.2, 0) is 11.8 Å². The standard InChI is InChI=1S/C20H22FN3O3/c1-23-12-14(11-22-23)5-8-19(25)24-9-3-4-15(13-24)20(26)17-10-16(21)6-7-18(17)27-2/h5-8,10-12,15H,3-4,9,13H2,1-2H3. The molecule has 7 heteroatoms. The van der Waals surface area contributed by atoms with Gasteiger partial charge < -0.3 is 9.64 Å². The topological polar surface area (TPSA) is 64.4 Å². The van der Waals surface area contributed by atoms with Crippen LogP contribution in [0.15, 0.2) is 36.7 Å². The molecule has 1 amide bonds. The van der Waals surface area contributed by atoms with E-state index in [9.17, 15) is 14.0 Å². The van der Waals surface area contributed by atoms with Gasteiger partial charge in [-0.15, -0.1) is 0 Å². The Kier molecular flexibility index (Phi) is 5.69. The first-order valence-corrected chi connectivity index (χ1v) is 8.81. The Bertz CT molecular complexity index is 875. The van der Waals surface area contributed by atoms with Crippen molar-refractivity contribution in [2.24, 2.45) is 13.0 Å². The summed E-state index contributed by atoms with van der Waals surface area (Å²) < 4.78 is 20.4. The van der Waals surface area contributed by atoms with Crippen molar-refractivity contribution < 1.29 is 18.7 Å². The van der Waals surface area contributed by atoms with Gasteiger partial charge in [0.05, 0.1) is 18.9 Å². The van der Waals surface area contributed by atoms with Crippen LogP contribution < -0.4 is 4.74 Å². The van der Waals surface area contributed by atoms with Crippen LogP contribution in [0.4, 0.5) is 4.39 Å². The average molecular weight is 371 g/mol. The predicted octanol–water partition coefficient (Wildman–Crippen LogP) is 2.70. The summed E-state index contributed by atoms with van der Waals surface area (Å²) in [5.74, 6) is -0.850. The molecular formula is C20H22FN3O3. The van der Waals surface area contributed by atoms with Gasteiger partial charge in [0.2, 0.25) is 5.91 Å². The summed E-state index contributed by atoms with van der Waals surface area (Å²) in [6.07, 6.45) is 8.06. The number of aryl methyl sites for hydroxylation is 1. The van der Waals surface area contributed by atoms with Crippen LogP contribution in [-0.4, -0.2) is 46.6 Å². The van der Waals surface area contributed by atoms with Gasteiger partial charge in [0.1, 0.15) is 11.6 Å². The molecule has 0 spiro atoms. The van der Waals surface area contributed by atoms with Crippen molar-refractivity contribution in [3.05, 3.63) is 53.6 Å². The number of methoxy groups -OCH3 is 1. The predicted molar refractivity (Wildman–Crippen MR) is 98.8 cm³/mol. The van der Waals surface area contributed by atoms with Crippen molar-refractivity contribution in [3.8, 4) is 5.75 Å². The van der Waals surface area contributed by atoms with Crippen LogP contribution in [0.3, 0.4) is 0 Å². The Morgan fingerprint density at radius 2 is 2.19 bits per heavy atom. The Morgan fingerprint density at radius 3 is 2.89 bits per heavy atom. The number of aromatic nitrogens is 2. The summed E-state index contributed by atoms with van der Waals surface area (Å²) in [6.45, 7) is 0.912. The van der Waals surface area contributed by atoms with Crippen LogP contribution in [0, 0.1) is 11.7 Å². The fraction of sp³-hybridized carbons (Fsp3) is 0.350. The van der Waals surface area contributed by atoms with E-state index in [1.165, 1.54) is 31.4 Å². The van der Waals surface area contributed by atoms with E-state index in [4.69, 9.17) is 4.74 Å². The van der Waals surface area contributed by atoms with E-state index in [2.05, 4.69) is 5.10 Å². The van der Waals surface area contributed by atoms with E-state index in [0.717, 1.165) is 12.0 Å². The molecule has 2 heterocycles. The minimum atomic E-state index is -0.484. The highest BCUT2D eigenvalue weighted by Crippen LogP contribution is 2.27. The van der Waals surface area contributed by atoms with Crippen LogP contribution in [0.2, 0.25) is 0 Å². The van der Waals surface area contributed by atoms with Gasteiger partial charge in [0.25, 0.3) is 0 Å². The van der Waals surface area contributed by atoms with E-state index in [-0.39, 0.29) is 23.2 Å². The zero-order valence-corrected chi connectivity index (χ0v) is 15.4. The van der Waals surface area contributed by atoms with Gasteiger partial charge in [0.15, 0.2) is 5.78 Å². The first-order chi connectivity index (χ1) is 13.0. The first-order valence-electron chi connectivity index (χ1n) is 8.81. The molecule has 0 saturated carbocycles. The normalized spacial score (nSPS) is 17.3. The van der Waals surface area contributed by atoms with Gasteiger partial charge in [-0.1, -0.05) is 0 Å². The molecule has 1 fully saturated rings. The lowest BCUT2D eigenvalue weighted by Crippen LogP contribution is -2.41. The van der Waals surface area contributed by atoms with Crippen molar-refractivity contribution >= 4 is 17.8 Å². The lowest BCUT2D eigenvalue weighted by atomic mass is 9.89. The number of benzene rings is 1. The summed E-state index contributed by atoms with van der Waals surface area (Å²) in [6, 6.07) is 3.91. The average Bonchev–Trinajstić information content (AvgIpc) is 3.10. The summed E-state index contributed by atoms with van der Waals surface area (Å²) in [5, 5.41) is 4.05. The second-order valence-corrected chi connectivity index (χ2v) is 6.61. The molecule has 1 aliphatic rings. The van der Waals surface area contributed by atoms with E-state index >= 15 is 0 Å². The van der Waals surface area contributed by atoms with E-state index in [1.54, 1.807) is 28.9 Å². The molecule has 1 unspecified atom stereocenters. The fourth-order valence-electron chi connectivity index (χ4n) is 3.28. The first kappa shape index (κ1) is 18.8. The number of likely N-dealkylation sites (tertiary alicyclic amines) is 1. The number of carbonyl (C=O) groups excluding carboxylic acids is 2. The minimum Gasteiger partial charge on any atom is -0.496 e. The molecule has 1 aliphatic heterocycles. The molecule has 0 N–H and O–H groups in total. The third kappa shape index (κ3) is 4.42. The zero-order valence-electron chi connectivity index (χ0n) is 15.4. The number of hydrogen-bond acceptors (Lipinski definition) is 4. The molecule has 0 radical (unpaired) electrons. The molecule has 3 rings (SSSR count). The summed E-state index contributed by atoms with van der Waals surface area (Å²) in [4.78, 5) is 27.0. The van der Waals surface area contributed by atoms with Gasteiger partial charge in [-0.3, -0.25) is 14.3 Å². The number of nitrogens with zero attached hydrogens (tertiary/aromatic N) is 3. The van der Waals surface area contributed by atoms with Crippen molar-refractivity contribution in [1.29, 1.82) is 0 Å². The van der Waals surface area contributed by atoms with Crippen molar-refractivity contribution in [3.63, 3.8) is 0 Å². The molecular weight excluding hydrogens is 349 g/mol. The number of rotatable bonds is 5. The van der Waals surface area contributed by atoms with Gasteiger partial charge >= 0.3 is 0 Å². The second kappa shape index (κ2) is 8.16. The van der Waals surface area contributed by atoms with Crippen LogP contribution in [0.1, 0.15) is 28.8 Å². The van der Waals surface area contributed by atoms with Gasteiger partial charge in [-0.05, 0) is 37.1 Å². The van der Waals surface area contributed by atoms with Crippen LogP contribution >= 0.6 is 0 Å². The molecule has 6 nitrogen and oxygen atoms in total. The largest absolute Gasteiger partial charge is 0.496 e. The highest BCUT2D eigenvalue weighted by Gasteiger charge is 2.30. The van der Waals surface area contributed by atoms with Crippen molar-refractivity contribution in [2.45, 2.75) is 12.8 Å². The number of amides is 1. The summed E-state index contributed by atoms with van der Waals surface area (Å²) in [7, 11) is 3.25. The molecule has 0 aliphatic carbocycles. The number of ether oxygens (including phenoxy) is 1. The van der Waals surface area contributed by atoms with Crippen LogP contribution in [0.5, 0.6) is 5.75 Å². The van der Waals surface area contributed by atoms with E-state index in [1.807, 2.05) is 6.20 Å². The number of carbonyl (C=O) groups is 2. The van der Waals surface area contributed by atoms with Gasteiger partial charge in [-0.2, -0.15) is 5.10 Å². The number of Topliss-reactive ketones (excluding diaryl/α,β-unsaturated/α-hetero) is 1. The van der Waals surface area contributed by atoms with E-state index in [0.29, 0.717) is 25.3 Å². The number of halogens is 1. The number of hydrogen-bond donors (Lipinski definition) is 0. The molecule has 1 atom stereocenters. The Balaban J connectivity index is 1.70. The maximum Gasteiger partial charge on any atom is 0.246 e. The summed E-state index contributed by atoms with van der Waals surface area (Å²) in [5.41, 5.74) is 1.06. The molecule has 1 aromatic carbocycles. The zero-order chi connectivity index (χ0) is 19.4. The highest BCUT2D eigenvalue weighted by molar-refractivity contribution is 6.01. The third-order valence-corrected chi connectivity index (χ3v) is 4.67. The maximum absolute atomic E-state index is 13.6. The lowest BCUT2D eigenvalue weighted by Gasteiger charge is -2.31. The summed E-state index contributed by atoms with van der Waals surface area (Å²) >= 11 is 0. The molecule has 27 heavy (non-hydrogen) atoms. The quantitative estimate of drug-likeness (QED) is 0.599. The van der Waals surface area contributed by atoms with Gasteiger partial charge in [-0.25, -0.2) is 4.39 Å². The fourth-order valence-corrected chi connectivity index (χ4v) is 3.28. The second-order valence-electron chi connectivity index (χ2n) is 6.61. The Morgan fingerprint density at radius 1 is 1.37 bits per heavy atom. The SMILES string of the molecule is COc1ccc(F)cc1C(=O)C1CCCN(C(=O)C=Cc2cnn(C)c2)C1. The smallest absolute Gasteiger partial charge is 0.246 e. The third-order valence-electron chi connectivity index (χ3n) is 4.67. The van der Waals surface area contributed by atoms with Crippen LogP contribution in [0.25, 0.3) is 6.08 Å². The maximum atomic E-state index is 13.6. The molecule has 1 aromatic heterocycles. The van der Waals surface area contributed by atoms with Crippen molar-refractivity contribution in [2.75, 3.05) is 20.2 Å². The van der Waals surface area contributed by atoms with Crippen molar-refractivity contribution in [1.82, 2.24) is 14.7 Å². The molecule has 2 aromatic rings. The monoisotopic (exact) mass is 371 g/mol. The molecule has 1 saturated heterocycles. The minimum absolute atomic E-state index is 0.150.